The molecule has 134 valence electrons. The van der Waals surface area contributed by atoms with Crippen LogP contribution >= 0.6 is 0 Å². The Morgan fingerprint density at radius 3 is 1.96 bits per heavy atom. The molecule has 25 heavy (non-hydrogen) atoms. The maximum Gasteiger partial charge on any atom is 0.144 e. The van der Waals surface area contributed by atoms with Gasteiger partial charge in [-0.3, -0.25) is 4.57 Å². The summed E-state index contributed by atoms with van der Waals surface area (Å²) in [6, 6.07) is 19.0. The fraction of sp³-hybridized carbons (Fsp3) is 0.348. The third-order valence-corrected chi connectivity index (χ3v) is 3.51. The van der Waals surface area contributed by atoms with Gasteiger partial charge >= 0.3 is 0 Å². The Balaban J connectivity index is 0.000000567. The summed E-state index contributed by atoms with van der Waals surface area (Å²) in [4.78, 5) is 4.48. The van der Waals surface area contributed by atoms with Crippen molar-refractivity contribution in [3.63, 3.8) is 0 Å². The molecule has 3 aromatic rings. The third-order valence-electron chi connectivity index (χ3n) is 3.51. The number of benzene rings is 2. The van der Waals surface area contributed by atoms with Crippen molar-refractivity contribution in [1.29, 1.82) is 0 Å². The minimum absolute atomic E-state index is 0.556. The zero-order valence-corrected chi connectivity index (χ0v) is 16.5. The lowest BCUT2D eigenvalue weighted by Crippen LogP contribution is -1.97. The molecule has 0 aliphatic heterocycles. The van der Waals surface area contributed by atoms with Crippen molar-refractivity contribution < 1.29 is 0 Å². The fourth-order valence-electron chi connectivity index (χ4n) is 2.33. The number of aromatic nitrogens is 2. The van der Waals surface area contributed by atoms with Gasteiger partial charge in [0.05, 0.1) is 0 Å². The molecule has 1 aromatic heterocycles. The van der Waals surface area contributed by atoms with E-state index in [1.165, 1.54) is 12.0 Å². The van der Waals surface area contributed by atoms with E-state index in [2.05, 4.69) is 73.6 Å². The lowest BCUT2D eigenvalue weighted by Gasteiger charge is -2.10. The molecule has 0 saturated carbocycles. The van der Waals surface area contributed by atoms with E-state index in [1.54, 1.807) is 0 Å². The first-order chi connectivity index (χ1) is 12.2. The Labute approximate surface area is 153 Å². The van der Waals surface area contributed by atoms with Crippen LogP contribution in [-0.2, 0) is 0 Å². The predicted octanol–water partition coefficient (Wildman–Crippen LogP) is 7.11. The van der Waals surface area contributed by atoms with Gasteiger partial charge in [0.25, 0.3) is 0 Å². The topological polar surface area (TPSA) is 17.8 Å². The van der Waals surface area contributed by atoms with Crippen molar-refractivity contribution in [1.82, 2.24) is 9.55 Å². The van der Waals surface area contributed by atoms with Crippen LogP contribution in [0.2, 0.25) is 0 Å². The highest BCUT2D eigenvalue weighted by Gasteiger charge is 2.07. The zero-order chi connectivity index (χ0) is 18.7. The summed E-state index contributed by atoms with van der Waals surface area (Å²) in [6.45, 7) is 12.7. The molecule has 2 heteroatoms. The molecule has 2 aromatic carbocycles. The van der Waals surface area contributed by atoms with E-state index in [-0.39, 0.29) is 0 Å². The van der Waals surface area contributed by atoms with Gasteiger partial charge in [0.1, 0.15) is 5.82 Å². The Hall–Kier alpha value is -2.35. The fourth-order valence-corrected chi connectivity index (χ4v) is 2.33. The highest BCUT2D eigenvalue weighted by Crippen LogP contribution is 2.22. The highest BCUT2D eigenvalue weighted by atomic mass is 15.1. The highest BCUT2D eigenvalue weighted by molar-refractivity contribution is 5.58. The van der Waals surface area contributed by atoms with E-state index >= 15 is 0 Å². The van der Waals surface area contributed by atoms with Crippen LogP contribution in [0.1, 0.15) is 59.4 Å². The van der Waals surface area contributed by atoms with Crippen molar-refractivity contribution in [2.24, 2.45) is 0 Å². The molecule has 0 atom stereocenters. The van der Waals surface area contributed by atoms with Crippen molar-refractivity contribution in [3.8, 4) is 17.1 Å². The van der Waals surface area contributed by atoms with Gasteiger partial charge in [-0.15, -0.1) is 0 Å². The minimum atomic E-state index is 0.556. The normalized spacial score (nSPS) is 9.72. The summed E-state index contributed by atoms with van der Waals surface area (Å²) in [6.07, 6.45) is 5.10. The lowest BCUT2D eigenvalue weighted by molar-refractivity contribution is 0.865. The maximum atomic E-state index is 4.48. The standard InChI is InChI=1S/C18H18N2.C3H8.C2H6/c1-14(2)15-8-10-17(11-9-15)20-13-12-19-18(20)16-6-4-3-5-7-16;1-3-2;1-2/h3-14H,1-2H3;3H2,1-2H3;1-2H3. The second-order valence-corrected chi connectivity index (χ2v) is 5.94. The van der Waals surface area contributed by atoms with Gasteiger partial charge in [-0.25, -0.2) is 4.98 Å². The molecular formula is C23H32N2. The predicted molar refractivity (Wildman–Crippen MR) is 110 cm³/mol. The van der Waals surface area contributed by atoms with Crippen LogP contribution in [0, 0.1) is 0 Å². The van der Waals surface area contributed by atoms with E-state index in [9.17, 15) is 0 Å². The monoisotopic (exact) mass is 336 g/mol. The number of nitrogens with zero attached hydrogens (tertiary/aromatic N) is 2. The zero-order valence-electron chi connectivity index (χ0n) is 16.5. The van der Waals surface area contributed by atoms with E-state index in [4.69, 9.17) is 0 Å². The SMILES string of the molecule is CC.CC(C)c1ccc(-n2ccnc2-c2ccccc2)cc1.CCC. The summed E-state index contributed by atoms with van der Waals surface area (Å²) in [7, 11) is 0. The second kappa shape index (κ2) is 11.2. The molecule has 3 rings (SSSR count). The average molecular weight is 337 g/mol. The van der Waals surface area contributed by atoms with E-state index < -0.39 is 0 Å². The molecule has 0 unspecified atom stereocenters. The van der Waals surface area contributed by atoms with Crippen LogP contribution < -0.4 is 0 Å². The first kappa shape index (κ1) is 20.7. The van der Waals surface area contributed by atoms with Crippen LogP contribution in [0.4, 0.5) is 0 Å². The molecule has 0 saturated heterocycles. The molecule has 0 aliphatic rings. The van der Waals surface area contributed by atoms with Crippen LogP contribution in [0.15, 0.2) is 67.0 Å². The quantitative estimate of drug-likeness (QED) is 0.498. The van der Waals surface area contributed by atoms with E-state index in [0.717, 1.165) is 17.1 Å². The Morgan fingerprint density at radius 1 is 0.880 bits per heavy atom. The van der Waals surface area contributed by atoms with Crippen molar-refractivity contribution in [2.75, 3.05) is 0 Å². The number of imidazole rings is 1. The van der Waals surface area contributed by atoms with Crippen LogP contribution in [0.25, 0.3) is 17.1 Å². The van der Waals surface area contributed by atoms with Gasteiger partial charge in [-0.1, -0.05) is 90.4 Å². The van der Waals surface area contributed by atoms with Crippen LogP contribution in [0.3, 0.4) is 0 Å². The molecule has 0 bridgehead atoms. The maximum absolute atomic E-state index is 4.48. The third kappa shape index (κ3) is 5.90. The Morgan fingerprint density at radius 2 is 1.44 bits per heavy atom. The van der Waals surface area contributed by atoms with Crippen molar-refractivity contribution >= 4 is 0 Å². The molecule has 0 aliphatic carbocycles. The van der Waals surface area contributed by atoms with Gasteiger partial charge in [-0.05, 0) is 23.6 Å². The van der Waals surface area contributed by atoms with Crippen molar-refractivity contribution in [2.45, 2.75) is 53.9 Å². The molecule has 0 spiro atoms. The van der Waals surface area contributed by atoms with Crippen LogP contribution in [-0.4, -0.2) is 9.55 Å². The molecular weight excluding hydrogens is 304 g/mol. The number of hydrogen-bond acceptors (Lipinski definition) is 1. The summed E-state index contributed by atoms with van der Waals surface area (Å²) in [5, 5.41) is 0. The van der Waals surface area contributed by atoms with Gasteiger partial charge in [-0.2, -0.15) is 0 Å². The molecule has 2 nitrogen and oxygen atoms in total. The molecule has 0 radical (unpaired) electrons. The lowest BCUT2D eigenvalue weighted by atomic mass is 10.0. The summed E-state index contributed by atoms with van der Waals surface area (Å²) in [5.41, 5.74) is 3.63. The van der Waals surface area contributed by atoms with Gasteiger partial charge in [0.2, 0.25) is 0 Å². The van der Waals surface area contributed by atoms with Crippen LogP contribution in [0.5, 0.6) is 0 Å². The smallest absolute Gasteiger partial charge is 0.144 e. The van der Waals surface area contributed by atoms with E-state index in [0.29, 0.717) is 5.92 Å². The average Bonchev–Trinajstić information content (AvgIpc) is 3.15. The number of hydrogen-bond donors (Lipinski definition) is 0. The Kier molecular flexibility index (Phi) is 9.31. The summed E-state index contributed by atoms with van der Waals surface area (Å²) < 4.78 is 2.12. The molecule has 0 fully saturated rings. The first-order valence-corrected chi connectivity index (χ1v) is 9.36. The van der Waals surface area contributed by atoms with Gasteiger partial charge in [0.15, 0.2) is 0 Å². The number of rotatable bonds is 3. The largest absolute Gasteiger partial charge is 0.300 e. The minimum Gasteiger partial charge on any atom is -0.300 e. The summed E-state index contributed by atoms with van der Waals surface area (Å²) >= 11 is 0. The van der Waals surface area contributed by atoms with Crippen molar-refractivity contribution in [3.05, 3.63) is 72.6 Å². The first-order valence-electron chi connectivity index (χ1n) is 9.36. The van der Waals surface area contributed by atoms with Gasteiger partial charge in [0, 0.05) is 23.6 Å². The molecule has 1 heterocycles. The summed E-state index contributed by atoms with van der Waals surface area (Å²) in [5.74, 6) is 1.53. The van der Waals surface area contributed by atoms with Gasteiger partial charge < -0.3 is 0 Å². The Bertz CT molecular complexity index is 694. The second-order valence-electron chi connectivity index (χ2n) is 5.94. The van der Waals surface area contributed by atoms with E-state index in [1.807, 2.05) is 44.4 Å². The molecule has 0 N–H and O–H groups in total. The molecule has 0 amide bonds.